The summed E-state index contributed by atoms with van der Waals surface area (Å²) in [5, 5.41) is 0. The van der Waals surface area contributed by atoms with Crippen molar-refractivity contribution in [2.24, 2.45) is 0 Å². The van der Waals surface area contributed by atoms with Crippen LogP contribution in [0.25, 0.3) is 0 Å². The highest BCUT2D eigenvalue weighted by molar-refractivity contribution is 5.69. The zero-order valence-electron chi connectivity index (χ0n) is 18.2. The minimum Gasteiger partial charge on any atom is -0.446 e. The second kappa shape index (κ2) is 9.60. The average Bonchev–Trinajstić information content (AvgIpc) is 2.78. The molecular weight excluding hydrogens is 397 g/mol. The van der Waals surface area contributed by atoms with Crippen molar-refractivity contribution < 1.29 is 13.9 Å². The number of hydrogen-bond acceptors (Lipinski definition) is 6. The van der Waals surface area contributed by atoms with Crippen molar-refractivity contribution in [3.05, 3.63) is 54.1 Å². The van der Waals surface area contributed by atoms with E-state index in [9.17, 15) is 9.18 Å². The number of benzene rings is 1. The van der Waals surface area contributed by atoms with E-state index in [1.807, 2.05) is 24.8 Å². The summed E-state index contributed by atoms with van der Waals surface area (Å²) in [6.07, 6.45) is 3.76. The molecule has 0 bridgehead atoms. The lowest BCUT2D eigenvalue weighted by atomic mass is 10.1. The Morgan fingerprint density at radius 1 is 1.06 bits per heavy atom. The third kappa shape index (κ3) is 5.31. The van der Waals surface area contributed by atoms with Crippen molar-refractivity contribution in [1.29, 1.82) is 0 Å². The molecular formula is C23H30FN5O2. The molecule has 0 N–H and O–H groups in total. The fourth-order valence-corrected chi connectivity index (χ4v) is 4.35. The first-order chi connectivity index (χ1) is 15.0. The molecule has 0 radical (unpaired) electrons. The molecule has 3 heterocycles. The Morgan fingerprint density at radius 3 is 2.42 bits per heavy atom. The molecule has 0 aliphatic carbocycles. The molecule has 7 nitrogen and oxygen atoms in total. The highest BCUT2D eigenvalue weighted by Gasteiger charge is 2.35. The van der Waals surface area contributed by atoms with Crippen LogP contribution in [0.1, 0.15) is 32.3 Å². The Labute approximate surface area is 182 Å². The lowest BCUT2D eigenvalue weighted by Crippen LogP contribution is -2.59. The molecule has 0 spiro atoms. The number of nitrogens with zero attached hydrogens (tertiary/aromatic N) is 5. The van der Waals surface area contributed by atoms with Crippen molar-refractivity contribution in [1.82, 2.24) is 19.8 Å². The normalized spacial score (nSPS) is 23.1. The minimum absolute atomic E-state index is 0.0157. The van der Waals surface area contributed by atoms with Gasteiger partial charge in [-0.25, -0.2) is 19.2 Å². The predicted molar refractivity (Wildman–Crippen MR) is 116 cm³/mol. The second-order valence-corrected chi connectivity index (χ2v) is 8.55. The Bertz CT molecular complexity index is 858. The summed E-state index contributed by atoms with van der Waals surface area (Å²) in [5.74, 6) is 0.0287. The molecule has 0 unspecified atom stereocenters. The van der Waals surface area contributed by atoms with E-state index in [1.165, 1.54) is 18.0 Å². The first-order valence-corrected chi connectivity index (χ1v) is 11.0. The van der Waals surface area contributed by atoms with Crippen LogP contribution in [0.2, 0.25) is 0 Å². The van der Waals surface area contributed by atoms with Gasteiger partial charge >= 0.3 is 6.09 Å². The number of aromatic nitrogens is 2. The summed E-state index contributed by atoms with van der Waals surface area (Å²) in [4.78, 5) is 27.3. The van der Waals surface area contributed by atoms with Crippen molar-refractivity contribution in [2.75, 3.05) is 31.1 Å². The number of piperazine rings is 1. The number of halogens is 1. The van der Waals surface area contributed by atoms with E-state index >= 15 is 0 Å². The van der Waals surface area contributed by atoms with E-state index in [1.54, 1.807) is 4.90 Å². The predicted octanol–water partition coefficient (Wildman–Crippen LogP) is 3.32. The van der Waals surface area contributed by atoms with E-state index in [0.717, 1.165) is 32.5 Å². The number of likely N-dealkylation sites (tertiary alicyclic amines) is 1. The fourth-order valence-electron chi connectivity index (χ4n) is 4.35. The number of rotatable bonds is 4. The Morgan fingerprint density at radius 2 is 1.74 bits per heavy atom. The van der Waals surface area contributed by atoms with Gasteiger partial charge in [-0.3, -0.25) is 4.90 Å². The largest absolute Gasteiger partial charge is 0.446 e. The summed E-state index contributed by atoms with van der Waals surface area (Å²) >= 11 is 0. The number of piperidine rings is 1. The lowest BCUT2D eigenvalue weighted by Gasteiger charge is -2.44. The van der Waals surface area contributed by atoms with Crippen LogP contribution in [0.4, 0.5) is 15.1 Å². The van der Waals surface area contributed by atoms with Gasteiger partial charge in [-0.2, -0.15) is 0 Å². The Balaban J connectivity index is 1.27. The fraction of sp³-hybridized carbons (Fsp3) is 0.522. The van der Waals surface area contributed by atoms with Crippen molar-refractivity contribution in [3.63, 3.8) is 0 Å². The van der Waals surface area contributed by atoms with Gasteiger partial charge in [0.1, 0.15) is 6.10 Å². The molecule has 2 aliphatic heterocycles. The van der Waals surface area contributed by atoms with Gasteiger partial charge in [-0.05, 0) is 32.3 Å². The third-order valence-corrected chi connectivity index (χ3v) is 6.14. The summed E-state index contributed by atoms with van der Waals surface area (Å²) in [5.41, 5.74) is 1.31. The number of hydrogen-bond donors (Lipinski definition) is 0. The smallest absolute Gasteiger partial charge is 0.410 e. The van der Waals surface area contributed by atoms with Crippen LogP contribution in [0.15, 0.2) is 42.7 Å². The molecule has 0 saturated carbocycles. The highest BCUT2D eigenvalue weighted by atomic mass is 19.1. The van der Waals surface area contributed by atoms with Gasteiger partial charge in [-0.1, -0.05) is 30.3 Å². The van der Waals surface area contributed by atoms with Crippen molar-refractivity contribution in [3.8, 4) is 0 Å². The van der Waals surface area contributed by atoms with Crippen LogP contribution in [0.5, 0.6) is 0 Å². The van der Waals surface area contributed by atoms with Gasteiger partial charge in [-0.15, -0.1) is 0 Å². The van der Waals surface area contributed by atoms with E-state index in [0.29, 0.717) is 19.0 Å². The molecule has 1 aromatic carbocycles. The minimum atomic E-state index is -0.457. The first-order valence-electron chi connectivity index (χ1n) is 11.0. The molecule has 2 atom stereocenters. The maximum absolute atomic E-state index is 13.1. The molecule has 2 aromatic rings. The molecule has 31 heavy (non-hydrogen) atoms. The molecule has 8 heteroatoms. The third-order valence-electron chi connectivity index (χ3n) is 6.14. The van der Waals surface area contributed by atoms with Crippen LogP contribution in [-0.2, 0) is 11.3 Å². The van der Waals surface area contributed by atoms with E-state index < -0.39 is 5.82 Å². The van der Waals surface area contributed by atoms with E-state index in [-0.39, 0.29) is 24.3 Å². The van der Waals surface area contributed by atoms with Crippen molar-refractivity contribution >= 4 is 12.0 Å². The zero-order chi connectivity index (χ0) is 21.8. The van der Waals surface area contributed by atoms with Crippen LogP contribution in [-0.4, -0.2) is 70.2 Å². The van der Waals surface area contributed by atoms with Gasteiger partial charge in [0, 0.05) is 44.8 Å². The van der Waals surface area contributed by atoms with Gasteiger partial charge in [0.05, 0.1) is 12.4 Å². The molecule has 1 amide bonds. The van der Waals surface area contributed by atoms with E-state index in [4.69, 9.17) is 4.74 Å². The highest BCUT2D eigenvalue weighted by Crippen LogP contribution is 2.23. The summed E-state index contributed by atoms with van der Waals surface area (Å²) in [6, 6.07) is 10.4. The zero-order valence-corrected chi connectivity index (χ0v) is 18.2. The Hall–Kier alpha value is -2.74. The van der Waals surface area contributed by atoms with Gasteiger partial charge in [0.25, 0.3) is 0 Å². The molecule has 2 fully saturated rings. The molecule has 166 valence electrons. The van der Waals surface area contributed by atoms with Crippen LogP contribution < -0.4 is 4.90 Å². The number of ether oxygens (including phenoxy) is 1. The molecule has 2 aliphatic rings. The topological polar surface area (TPSA) is 61.8 Å². The summed E-state index contributed by atoms with van der Waals surface area (Å²) < 4.78 is 19.0. The lowest BCUT2D eigenvalue weighted by molar-refractivity contribution is 0.0165. The average molecular weight is 428 g/mol. The quantitative estimate of drug-likeness (QED) is 0.746. The summed E-state index contributed by atoms with van der Waals surface area (Å²) in [6.45, 7) is 7.89. The van der Waals surface area contributed by atoms with Gasteiger partial charge in [0.15, 0.2) is 5.82 Å². The number of carbonyl (C=O) groups excluding carboxylic acids is 1. The van der Waals surface area contributed by atoms with Crippen LogP contribution in [0.3, 0.4) is 0 Å². The molecule has 2 saturated heterocycles. The van der Waals surface area contributed by atoms with Crippen LogP contribution in [0, 0.1) is 5.82 Å². The maximum Gasteiger partial charge on any atom is 0.410 e. The van der Waals surface area contributed by atoms with Crippen LogP contribution >= 0.6 is 0 Å². The van der Waals surface area contributed by atoms with Crippen molar-refractivity contribution in [2.45, 2.75) is 51.4 Å². The number of amides is 1. The first kappa shape index (κ1) is 21.5. The van der Waals surface area contributed by atoms with Gasteiger partial charge < -0.3 is 14.5 Å². The van der Waals surface area contributed by atoms with E-state index in [2.05, 4.69) is 39.1 Å². The summed E-state index contributed by atoms with van der Waals surface area (Å²) in [7, 11) is 0. The number of carbonyl (C=O) groups is 1. The molecule has 1 aromatic heterocycles. The standard InChI is InChI=1S/C23H30FN5O2/c1-17-15-29(18(2)14-28(17)22-25-12-20(24)13-26-22)23(30)31-21-8-10-27(11-9-21)16-19-6-4-3-5-7-19/h3-7,12-13,17-18,21H,8-11,14-16H2,1-2H3/t17-,18+/m0/s1. The SMILES string of the molecule is C[C@@H]1CN(c2ncc(F)cn2)[C@@H](C)CN1C(=O)OC1CCN(Cc2ccccc2)CC1. The number of anilines is 1. The van der Waals surface area contributed by atoms with Gasteiger partial charge in [0.2, 0.25) is 5.95 Å². The molecule has 4 rings (SSSR count). The maximum atomic E-state index is 13.1. The second-order valence-electron chi connectivity index (χ2n) is 8.55. The Kier molecular flexibility index (Phi) is 6.65. The monoisotopic (exact) mass is 427 g/mol.